The van der Waals surface area contributed by atoms with Gasteiger partial charge in [-0.15, -0.1) is 0 Å². The number of amides is 2. The molecule has 1 N–H and O–H groups in total. The van der Waals surface area contributed by atoms with Crippen molar-refractivity contribution >= 4 is 6.03 Å². The molecule has 3 heteroatoms. The van der Waals surface area contributed by atoms with Crippen molar-refractivity contribution in [2.75, 3.05) is 13.1 Å². The van der Waals surface area contributed by atoms with Gasteiger partial charge in [0, 0.05) is 19.1 Å². The summed E-state index contributed by atoms with van der Waals surface area (Å²) in [5.41, 5.74) is 0.416. The first kappa shape index (κ1) is 13.7. The van der Waals surface area contributed by atoms with Gasteiger partial charge in [-0.2, -0.15) is 0 Å². The Morgan fingerprint density at radius 3 is 2.28 bits per heavy atom. The molecule has 0 aromatic carbocycles. The van der Waals surface area contributed by atoms with E-state index in [0.29, 0.717) is 17.4 Å². The summed E-state index contributed by atoms with van der Waals surface area (Å²) in [5, 5.41) is 3.28. The summed E-state index contributed by atoms with van der Waals surface area (Å²) in [6.07, 6.45) is 2.46. The minimum Gasteiger partial charge on any atom is -0.335 e. The molecule has 18 heavy (non-hydrogen) atoms. The number of nitrogens with one attached hydrogen (secondary N) is 1. The first-order valence-corrected chi connectivity index (χ1v) is 7.47. The Balaban J connectivity index is 2.00. The lowest BCUT2D eigenvalue weighted by Gasteiger charge is -2.62. The molecule has 3 saturated carbocycles. The first-order chi connectivity index (χ1) is 8.41. The maximum Gasteiger partial charge on any atom is 0.317 e. The molecule has 0 aliphatic heterocycles. The fraction of sp³-hybridized carbons (Fsp3) is 0.933. The Morgan fingerprint density at radius 1 is 1.22 bits per heavy atom. The highest BCUT2D eigenvalue weighted by Crippen LogP contribution is 2.61. The van der Waals surface area contributed by atoms with Gasteiger partial charge in [-0.25, -0.2) is 4.79 Å². The Bertz CT molecular complexity index is 322. The molecule has 3 aliphatic rings. The van der Waals surface area contributed by atoms with E-state index in [1.807, 2.05) is 18.7 Å². The van der Waals surface area contributed by atoms with Gasteiger partial charge in [-0.05, 0) is 49.9 Å². The summed E-state index contributed by atoms with van der Waals surface area (Å²) in [6.45, 7) is 12.8. The highest BCUT2D eigenvalue weighted by molar-refractivity contribution is 5.74. The zero-order valence-electron chi connectivity index (χ0n) is 12.5. The third-order valence-corrected chi connectivity index (χ3v) is 5.58. The summed E-state index contributed by atoms with van der Waals surface area (Å²) >= 11 is 0. The van der Waals surface area contributed by atoms with Crippen LogP contribution in [0, 0.1) is 23.2 Å². The summed E-state index contributed by atoms with van der Waals surface area (Å²) in [6, 6.07) is 0.506. The third kappa shape index (κ3) is 2.02. The zero-order valence-corrected chi connectivity index (χ0v) is 12.5. The van der Waals surface area contributed by atoms with Gasteiger partial charge in [0.25, 0.3) is 0 Å². The second-order valence-electron chi connectivity index (χ2n) is 6.71. The topological polar surface area (TPSA) is 32.3 Å². The molecule has 3 fully saturated rings. The number of urea groups is 1. The lowest BCUT2D eigenvalue weighted by molar-refractivity contribution is -0.117. The van der Waals surface area contributed by atoms with Crippen molar-refractivity contribution in [3.8, 4) is 0 Å². The maximum absolute atomic E-state index is 12.2. The van der Waals surface area contributed by atoms with Crippen LogP contribution in [-0.2, 0) is 0 Å². The van der Waals surface area contributed by atoms with Crippen LogP contribution in [0.1, 0.15) is 47.5 Å². The highest BCUT2D eigenvalue weighted by Gasteiger charge is 2.57. The number of carbonyl (C=O) groups is 1. The smallest absolute Gasteiger partial charge is 0.317 e. The average molecular weight is 252 g/mol. The van der Waals surface area contributed by atoms with Crippen LogP contribution >= 0.6 is 0 Å². The van der Waals surface area contributed by atoms with Crippen molar-refractivity contribution in [3.63, 3.8) is 0 Å². The number of hydrogen-bond donors (Lipinski definition) is 1. The standard InChI is InChI=1S/C15H28N2O/c1-6-17(7-2)14(18)16-13-8-10(3)11-9-12(13)15(11,4)5/h10-13H,6-9H2,1-5H3,(H,16,18)/t10?,11-,12+,13?/m0/s1. The molecule has 2 unspecified atom stereocenters. The molecule has 0 aromatic rings. The van der Waals surface area contributed by atoms with Crippen molar-refractivity contribution in [2.45, 2.75) is 53.5 Å². The first-order valence-electron chi connectivity index (χ1n) is 7.47. The minimum absolute atomic E-state index is 0.123. The fourth-order valence-electron chi connectivity index (χ4n) is 4.29. The molecule has 0 spiro atoms. The van der Waals surface area contributed by atoms with Gasteiger partial charge in [-0.1, -0.05) is 20.8 Å². The number of hydrogen-bond acceptors (Lipinski definition) is 1. The third-order valence-electron chi connectivity index (χ3n) is 5.58. The van der Waals surface area contributed by atoms with Crippen LogP contribution in [0.3, 0.4) is 0 Å². The molecular weight excluding hydrogens is 224 g/mol. The molecule has 3 aliphatic carbocycles. The molecular formula is C15H28N2O. The average Bonchev–Trinajstić information content (AvgIpc) is 2.29. The van der Waals surface area contributed by atoms with Gasteiger partial charge in [0.05, 0.1) is 0 Å². The molecule has 2 bridgehead atoms. The molecule has 0 heterocycles. The van der Waals surface area contributed by atoms with E-state index in [1.165, 1.54) is 6.42 Å². The van der Waals surface area contributed by atoms with E-state index in [0.717, 1.165) is 31.3 Å². The van der Waals surface area contributed by atoms with Crippen molar-refractivity contribution in [1.82, 2.24) is 10.2 Å². The second-order valence-corrected chi connectivity index (χ2v) is 6.71. The Hall–Kier alpha value is -0.730. The van der Waals surface area contributed by atoms with Gasteiger partial charge in [-0.3, -0.25) is 0 Å². The predicted octanol–water partition coefficient (Wildman–Crippen LogP) is 3.11. The quantitative estimate of drug-likeness (QED) is 0.822. The molecule has 3 nitrogen and oxygen atoms in total. The van der Waals surface area contributed by atoms with Crippen LogP contribution < -0.4 is 5.32 Å². The van der Waals surface area contributed by atoms with Crippen LogP contribution in [0.4, 0.5) is 4.79 Å². The number of carbonyl (C=O) groups excluding carboxylic acids is 1. The van der Waals surface area contributed by atoms with E-state index in [4.69, 9.17) is 0 Å². The lowest BCUT2D eigenvalue weighted by atomic mass is 9.44. The van der Waals surface area contributed by atoms with E-state index in [9.17, 15) is 4.79 Å². The van der Waals surface area contributed by atoms with Crippen molar-refractivity contribution in [3.05, 3.63) is 0 Å². The molecule has 4 atom stereocenters. The van der Waals surface area contributed by atoms with Crippen LogP contribution in [0.5, 0.6) is 0 Å². The lowest BCUT2D eigenvalue weighted by Crippen LogP contribution is -2.63. The van der Waals surface area contributed by atoms with Gasteiger partial charge < -0.3 is 10.2 Å². The van der Waals surface area contributed by atoms with E-state index in [1.54, 1.807) is 0 Å². The van der Waals surface area contributed by atoms with E-state index in [2.05, 4.69) is 26.1 Å². The van der Waals surface area contributed by atoms with Gasteiger partial charge in [0.1, 0.15) is 0 Å². The summed E-state index contributed by atoms with van der Waals surface area (Å²) in [5.74, 6) is 2.29. The molecule has 0 aromatic heterocycles. The zero-order chi connectivity index (χ0) is 13.5. The fourth-order valence-corrected chi connectivity index (χ4v) is 4.29. The van der Waals surface area contributed by atoms with Crippen LogP contribution in [0.2, 0.25) is 0 Å². The maximum atomic E-state index is 12.2. The van der Waals surface area contributed by atoms with Crippen molar-refractivity contribution < 1.29 is 4.79 Å². The van der Waals surface area contributed by atoms with E-state index in [-0.39, 0.29) is 6.03 Å². The van der Waals surface area contributed by atoms with Crippen molar-refractivity contribution in [1.29, 1.82) is 0 Å². The monoisotopic (exact) mass is 252 g/mol. The second kappa shape index (κ2) is 4.75. The normalized spacial score (nSPS) is 36.7. The Kier molecular flexibility index (Phi) is 3.61. The Labute approximate surface area is 111 Å². The van der Waals surface area contributed by atoms with Gasteiger partial charge in [0.2, 0.25) is 0 Å². The Morgan fingerprint density at radius 2 is 1.83 bits per heavy atom. The van der Waals surface area contributed by atoms with Gasteiger partial charge >= 0.3 is 6.03 Å². The molecule has 2 amide bonds. The predicted molar refractivity (Wildman–Crippen MR) is 74.4 cm³/mol. The van der Waals surface area contributed by atoms with Crippen molar-refractivity contribution in [2.24, 2.45) is 23.2 Å². The largest absolute Gasteiger partial charge is 0.335 e. The number of fused-ring (bicyclic) bond motifs is 2. The van der Waals surface area contributed by atoms with Gasteiger partial charge in [0.15, 0.2) is 0 Å². The SMILES string of the molecule is CCN(CC)C(=O)NC1CC(C)[C@@H]2C[C@H]1C2(C)C. The number of rotatable bonds is 3. The van der Waals surface area contributed by atoms with E-state index < -0.39 is 0 Å². The highest BCUT2D eigenvalue weighted by atomic mass is 16.2. The summed E-state index contributed by atoms with van der Waals surface area (Å²) < 4.78 is 0. The van der Waals surface area contributed by atoms with Crippen LogP contribution in [-0.4, -0.2) is 30.1 Å². The molecule has 0 radical (unpaired) electrons. The summed E-state index contributed by atoms with van der Waals surface area (Å²) in [4.78, 5) is 14.0. The van der Waals surface area contributed by atoms with Crippen LogP contribution in [0.25, 0.3) is 0 Å². The number of nitrogens with zero attached hydrogens (tertiary/aromatic N) is 1. The van der Waals surface area contributed by atoms with Crippen LogP contribution in [0.15, 0.2) is 0 Å². The molecule has 0 saturated heterocycles. The molecule has 3 rings (SSSR count). The van der Waals surface area contributed by atoms with E-state index >= 15 is 0 Å². The minimum atomic E-state index is 0.123. The summed E-state index contributed by atoms with van der Waals surface area (Å²) in [7, 11) is 0. The molecule has 104 valence electrons.